The normalized spacial score (nSPS) is 24.4. The Balaban J connectivity index is 1.88. The molecule has 0 aromatic carbocycles. The number of rotatable bonds is 6. The van der Waals surface area contributed by atoms with Crippen LogP contribution in [0.25, 0.3) is 0 Å². The molecule has 1 N–H and O–H groups in total. The van der Waals surface area contributed by atoms with Crippen molar-refractivity contribution in [1.82, 2.24) is 14.7 Å². The van der Waals surface area contributed by atoms with Crippen LogP contribution in [0.2, 0.25) is 0 Å². The van der Waals surface area contributed by atoms with E-state index in [2.05, 4.69) is 28.5 Å². The van der Waals surface area contributed by atoms with Crippen molar-refractivity contribution in [2.75, 3.05) is 6.54 Å². The Kier molecular flexibility index (Phi) is 5.25. The van der Waals surface area contributed by atoms with Crippen LogP contribution in [-0.4, -0.2) is 27.2 Å². The molecule has 2 rings (SSSR count). The van der Waals surface area contributed by atoms with E-state index in [-0.39, 0.29) is 0 Å². The van der Waals surface area contributed by atoms with Crippen molar-refractivity contribution in [1.29, 1.82) is 0 Å². The fraction of sp³-hybridized carbons (Fsp3) is 0.833. The number of hydrogen-bond donors (Lipinski definition) is 1. The maximum atomic E-state index is 4.55. The highest BCUT2D eigenvalue weighted by molar-refractivity contribution is 8.01. The Morgan fingerprint density at radius 1 is 1.41 bits per heavy atom. The zero-order valence-electron chi connectivity index (χ0n) is 10.6. The van der Waals surface area contributed by atoms with Crippen molar-refractivity contribution in [2.24, 2.45) is 0 Å². The van der Waals surface area contributed by atoms with Gasteiger partial charge in [-0.05, 0) is 37.3 Å². The third-order valence-corrected chi connectivity index (χ3v) is 5.35. The van der Waals surface area contributed by atoms with Crippen molar-refractivity contribution in [2.45, 2.75) is 61.6 Å². The summed E-state index contributed by atoms with van der Waals surface area (Å²) in [6.07, 6.45) is 6.13. The predicted molar refractivity (Wildman–Crippen MR) is 74.9 cm³/mol. The average molecular weight is 271 g/mol. The average Bonchev–Trinajstić information content (AvgIpc) is 2.96. The topological polar surface area (TPSA) is 37.8 Å². The quantitative estimate of drug-likeness (QED) is 0.862. The minimum atomic E-state index is 0.675. The predicted octanol–water partition coefficient (Wildman–Crippen LogP) is 3.11. The second kappa shape index (κ2) is 6.71. The molecule has 2 atom stereocenters. The molecule has 1 saturated carbocycles. The molecule has 17 heavy (non-hydrogen) atoms. The molecule has 2 unspecified atom stereocenters. The van der Waals surface area contributed by atoms with Gasteiger partial charge < -0.3 is 5.32 Å². The van der Waals surface area contributed by atoms with E-state index in [1.165, 1.54) is 25.7 Å². The minimum absolute atomic E-state index is 0.675. The Labute approximate surface area is 112 Å². The molecule has 1 fully saturated rings. The smallest absolute Gasteiger partial charge is 0.170 e. The molecule has 0 amide bonds. The molecular formula is C12H21N3S2. The van der Waals surface area contributed by atoms with Crippen LogP contribution in [0, 0.1) is 0 Å². The van der Waals surface area contributed by atoms with Crippen LogP contribution in [-0.2, 0) is 6.42 Å². The summed E-state index contributed by atoms with van der Waals surface area (Å²) < 4.78 is 5.50. The first-order chi connectivity index (χ1) is 8.33. The summed E-state index contributed by atoms with van der Waals surface area (Å²) in [4.78, 5) is 4.55. The second-order valence-corrected chi connectivity index (χ2v) is 6.72. The number of hydrogen-bond acceptors (Lipinski definition) is 5. The van der Waals surface area contributed by atoms with Gasteiger partial charge in [0.1, 0.15) is 5.82 Å². The summed E-state index contributed by atoms with van der Waals surface area (Å²) in [6, 6.07) is 0.675. The van der Waals surface area contributed by atoms with Gasteiger partial charge in [0, 0.05) is 17.7 Å². The maximum Gasteiger partial charge on any atom is 0.170 e. The Bertz CT molecular complexity index is 340. The van der Waals surface area contributed by atoms with Gasteiger partial charge in [-0.3, -0.25) is 0 Å². The Morgan fingerprint density at radius 2 is 2.29 bits per heavy atom. The van der Waals surface area contributed by atoms with E-state index in [9.17, 15) is 0 Å². The van der Waals surface area contributed by atoms with E-state index < -0.39 is 0 Å². The molecular weight excluding hydrogens is 250 g/mol. The van der Waals surface area contributed by atoms with Crippen molar-refractivity contribution in [3.63, 3.8) is 0 Å². The van der Waals surface area contributed by atoms with Crippen LogP contribution < -0.4 is 5.32 Å². The van der Waals surface area contributed by atoms with Gasteiger partial charge in [0.05, 0.1) is 0 Å². The molecule has 3 nitrogen and oxygen atoms in total. The number of thioether (sulfide) groups is 1. The Hall–Kier alpha value is -0.130. The Morgan fingerprint density at radius 3 is 3.00 bits per heavy atom. The van der Waals surface area contributed by atoms with Gasteiger partial charge >= 0.3 is 0 Å². The van der Waals surface area contributed by atoms with Crippen LogP contribution in [0.5, 0.6) is 0 Å². The maximum absolute atomic E-state index is 4.55. The fourth-order valence-electron chi connectivity index (χ4n) is 2.19. The van der Waals surface area contributed by atoms with E-state index in [1.54, 1.807) is 11.5 Å². The minimum Gasteiger partial charge on any atom is -0.313 e. The lowest BCUT2D eigenvalue weighted by Gasteiger charge is -2.18. The van der Waals surface area contributed by atoms with E-state index >= 15 is 0 Å². The number of nitrogens with one attached hydrogen (secondary N) is 1. The van der Waals surface area contributed by atoms with Gasteiger partial charge in [-0.15, -0.1) is 0 Å². The largest absolute Gasteiger partial charge is 0.313 e. The molecule has 0 radical (unpaired) electrons. The number of aromatic nitrogens is 2. The highest BCUT2D eigenvalue weighted by Crippen LogP contribution is 2.35. The summed E-state index contributed by atoms with van der Waals surface area (Å²) in [7, 11) is 0. The first-order valence-corrected chi connectivity index (χ1v) is 8.21. The van der Waals surface area contributed by atoms with Gasteiger partial charge in [0.2, 0.25) is 0 Å². The molecule has 1 aliphatic rings. The van der Waals surface area contributed by atoms with Gasteiger partial charge in [0.15, 0.2) is 4.34 Å². The summed E-state index contributed by atoms with van der Waals surface area (Å²) in [6.45, 7) is 5.47. The summed E-state index contributed by atoms with van der Waals surface area (Å²) >= 11 is 3.49. The highest BCUT2D eigenvalue weighted by atomic mass is 32.2. The van der Waals surface area contributed by atoms with E-state index in [4.69, 9.17) is 0 Å². The molecule has 1 heterocycles. The van der Waals surface area contributed by atoms with E-state index in [0.717, 1.165) is 23.1 Å². The molecule has 1 aromatic heterocycles. The van der Waals surface area contributed by atoms with Crippen LogP contribution in [0.1, 0.15) is 45.4 Å². The highest BCUT2D eigenvalue weighted by Gasteiger charge is 2.28. The van der Waals surface area contributed by atoms with E-state index in [0.29, 0.717) is 11.3 Å². The summed E-state index contributed by atoms with van der Waals surface area (Å²) in [5.74, 6) is 0.994. The number of aryl methyl sites for hydroxylation is 1. The summed E-state index contributed by atoms with van der Waals surface area (Å²) in [5.41, 5.74) is 0. The lowest BCUT2D eigenvalue weighted by molar-refractivity contribution is 0.531. The van der Waals surface area contributed by atoms with Crippen LogP contribution in [0.3, 0.4) is 0 Å². The monoisotopic (exact) mass is 271 g/mol. The first kappa shape index (κ1) is 13.3. The van der Waals surface area contributed by atoms with Gasteiger partial charge in [-0.25, -0.2) is 4.98 Å². The van der Waals surface area contributed by atoms with Crippen LogP contribution in [0.15, 0.2) is 4.34 Å². The second-order valence-electron chi connectivity index (χ2n) is 4.48. The van der Waals surface area contributed by atoms with Crippen molar-refractivity contribution >= 4 is 23.3 Å². The third kappa shape index (κ3) is 3.66. The lowest BCUT2D eigenvalue weighted by atomic mass is 10.2. The van der Waals surface area contributed by atoms with Crippen LogP contribution in [0.4, 0.5) is 0 Å². The summed E-state index contributed by atoms with van der Waals surface area (Å²) in [5, 5.41) is 4.35. The van der Waals surface area contributed by atoms with Crippen molar-refractivity contribution in [3.05, 3.63) is 5.82 Å². The van der Waals surface area contributed by atoms with Crippen molar-refractivity contribution < 1.29 is 0 Å². The lowest BCUT2D eigenvalue weighted by Crippen LogP contribution is -2.34. The molecule has 0 spiro atoms. The van der Waals surface area contributed by atoms with Crippen molar-refractivity contribution in [3.8, 4) is 0 Å². The molecule has 0 saturated heterocycles. The molecule has 0 aliphatic heterocycles. The third-order valence-electron chi connectivity index (χ3n) is 3.13. The molecule has 1 aromatic rings. The zero-order valence-corrected chi connectivity index (χ0v) is 12.2. The van der Waals surface area contributed by atoms with Gasteiger partial charge in [-0.2, -0.15) is 4.37 Å². The molecule has 1 aliphatic carbocycles. The number of nitrogens with zero attached hydrogens (tertiary/aromatic N) is 2. The molecule has 5 heteroatoms. The zero-order chi connectivity index (χ0) is 12.1. The standard InChI is InChI=1S/C12H21N3S2/c1-3-8-13-9-6-5-7-10(9)16-12-14-11(4-2)15-17-12/h9-10,13H,3-8H2,1-2H3. The van der Waals surface area contributed by atoms with Gasteiger partial charge in [0.25, 0.3) is 0 Å². The first-order valence-electron chi connectivity index (χ1n) is 6.56. The SMILES string of the molecule is CCCNC1CCCC1Sc1nc(CC)ns1. The van der Waals surface area contributed by atoms with Gasteiger partial charge in [-0.1, -0.05) is 32.0 Å². The molecule has 0 bridgehead atoms. The molecule has 96 valence electrons. The van der Waals surface area contributed by atoms with Crippen LogP contribution >= 0.6 is 23.3 Å². The van der Waals surface area contributed by atoms with E-state index in [1.807, 2.05) is 11.8 Å². The fourth-order valence-corrected chi connectivity index (χ4v) is 4.44.